The molecule has 1 aliphatic heterocycles. The zero-order chi connectivity index (χ0) is 30.6. The van der Waals surface area contributed by atoms with E-state index in [1.807, 2.05) is 6.92 Å². The molecule has 12 heteroatoms. The third-order valence-corrected chi connectivity index (χ3v) is 7.42. The van der Waals surface area contributed by atoms with Crippen molar-refractivity contribution in [2.24, 2.45) is 0 Å². The summed E-state index contributed by atoms with van der Waals surface area (Å²) < 4.78 is 16.1. The highest BCUT2D eigenvalue weighted by atomic mass is 35.5. The highest BCUT2D eigenvalue weighted by Gasteiger charge is 2.59. The Morgan fingerprint density at radius 1 is 0.884 bits per heavy atom. The van der Waals surface area contributed by atoms with Gasteiger partial charge in [0.2, 0.25) is 4.33 Å². The number of carbonyl (C=O) groups excluding carboxylic acids is 3. The maximum atomic E-state index is 13.1. The van der Waals surface area contributed by atoms with Crippen molar-refractivity contribution in [3.8, 4) is 0 Å². The van der Waals surface area contributed by atoms with Gasteiger partial charge in [-0.05, 0) is 49.4 Å². The van der Waals surface area contributed by atoms with E-state index in [-0.39, 0.29) is 11.4 Å². The first-order chi connectivity index (χ1) is 20.6. The fourth-order valence-corrected chi connectivity index (χ4v) is 5.06. The lowest BCUT2D eigenvalue weighted by atomic mass is 10.1. The molecule has 0 saturated carbocycles. The van der Waals surface area contributed by atoms with Crippen LogP contribution in [0.3, 0.4) is 0 Å². The van der Waals surface area contributed by atoms with Gasteiger partial charge in [0.05, 0.1) is 11.1 Å². The molecule has 43 heavy (non-hydrogen) atoms. The quantitative estimate of drug-likeness (QED) is 0.216. The largest absolute Gasteiger partial charge is 0.459 e. The maximum absolute atomic E-state index is 13.1. The van der Waals surface area contributed by atoms with Crippen LogP contribution < -0.4 is 11.0 Å². The van der Waals surface area contributed by atoms with Crippen LogP contribution in [0.25, 0.3) is 0 Å². The monoisotopic (exact) mass is 621 g/mol. The van der Waals surface area contributed by atoms with E-state index < -0.39 is 52.9 Å². The van der Waals surface area contributed by atoms with Crippen molar-refractivity contribution in [1.29, 1.82) is 0 Å². The summed E-state index contributed by atoms with van der Waals surface area (Å²) in [7, 11) is 0. The number of aromatic nitrogens is 2. The molecule has 220 valence electrons. The summed E-state index contributed by atoms with van der Waals surface area (Å²) in [5.41, 5.74) is 0.981. The van der Waals surface area contributed by atoms with Gasteiger partial charge in [-0.15, -0.1) is 0 Å². The number of nitrogens with zero attached hydrogens (tertiary/aromatic N) is 2. The highest BCUT2D eigenvalue weighted by Crippen LogP contribution is 2.48. The zero-order valence-electron chi connectivity index (χ0n) is 22.7. The number of alkyl halides is 2. The molecule has 10 nitrogen and oxygen atoms in total. The van der Waals surface area contributed by atoms with E-state index in [0.29, 0.717) is 11.1 Å². The average Bonchev–Trinajstić information content (AvgIpc) is 3.25. The minimum atomic E-state index is -2.02. The van der Waals surface area contributed by atoms with Gasteiger partial charge < -0.3 is 19.5 Å². The molecule has 0 bridgehead atoms. The Balaban J connectivity index is 1.39. The Labute approximate surface area is 256 Å². The highest BCUT2D eigenvalue weighted by molar-refractivity contribution is 6.49. The molecule has 1 saturated heterocycles. The van der Waals surface area contributed by atoms with Crippen molar-refractivity contribution in [3.05, 3.63) is 130 Å². The van der Waals surface area contributed by atoms with Crippen LogP contribution in [0, 0.1) is 6.92 Å². The molecule has 3 unspecified atom stereocenters. The molecule has 1 N–H and O–H groups in total. The molecule has 2 heterocycles. The molecule has 1 aliphatic rings. The third kappa shape index (κ3) is 6.77. The van der Waals surface area contributed by atoms with Crippen LogP contribution in [0.1, 0.15) is 42.9 Å². The van der Waals surface area contributed by atoms with Gasteiger partial charge in [-0.25, -0.2) is 14.4 Å². The van der Waals surface area contributed by atoms with Crippen LogP contribution in [-0.2, 0) is 14.2 Å². The second-order valence-corrected chi connectivity index (χ2v) is 11.1. The number of hydrogen-bond donors (Lipinski definition) is 1. The molecule has 1 amide bonds. The van der Waals surface area contributed by atoms with E-state index in [9.17, 15) is 19.2 Å². The van der Waals surface area contributed by atoms with E-state index in [0.717, 1.165) is 10.1 Å². The van der Waals surface area contributed by atoms with E-state index in [4.69, 9.17) is 37.4 Å². The number of halogens is 2. The topological polar surface area (TPSA) is 126 Å². The van der Waals surface area contributed by atoms with Crippen LogP contribution in [0.15, 0.2) is 102 Å². The third-order valence-electron chi connectivity index (χ3n) is 6.62. The number of anilines is 1. The number of benzene rings is 3. The molecule has 1 aromatic heterocycles. The van der Waals surface area contributed by atoms with Crippen LogP contribution in [-0.4, -0.2) is 50.5 Å². The lowest BCUT2D eigenvalue weighted by molar-refractivity contribution is -0.0582. The molecule has 1 fully saturated rings. The van der Waals surface area contributed by atoms with Gasteiger partial charge in [-0.1, -0.05) is 77.3 Å². The van der Waals surface area contributed by atoms with Crippen molar-refractivity contribution in [1.82, 2.24) is 9.55 Å². The second kappa shape index (κ2) is 12.8. The Hall–Kier alpha value is -4.51. The van der Waals surface area contributed by atoms with E-state index in [2.05, 4.69) is 10.3 Å². The number of esters is 2. The minimum Gasteiger partial charge on any atom is -0.459 e. The first-order valence-corrected chi connectivity index (χ1v) is 13.9. The molecular formula is C31H25Cl2N3O7. The Morgan fingerprint density at radius 2 is 1.49 bits per heavy atom. The number of ether oxygens (including phenoxy) is 3. The van der Waals surface area contributed by atoms with Gasteiger partial charge in [-0.3, -0.25) is 9.36 Å². The summed E-state index contributed by atoms with van der Waals surface area (Å²) >= 11 is 13.5. The maximum Gasteiger partial charge on any atom is 0.351 e. The standard InChI is InChI=1S/C31H25Cl2N3O7/c1-19-12-14-22(15-13-19)28(39)43-25-23(18-41-27(38)21-10-6-3-7-11-21)42-29(31(25,32)33)36-17-16-24(35-30(36)40)34-26(37)20-8-4-2-5-9-20/h2-17,23,25,29H,18H2,1H3,(H,34,35,37,40). The SMILES string of the molecule is Cc1ccc(C(=O)OC2C(COC(=O)c3ccccc3)OC(n3ccc(NC(=O)c4ccccc4)nc3=O)C2(Cl)Cl)cc1. The summed E-state index contributed by atoms with van der Waals surface area (Å²) in [5.74, 6) is -1.87. The van der Waals surface area contributed by atoms with Crippen LogP contribution >= 0.6 is 23.2 Å². The lowest BCUT2D eigenvalue weighted by Gasteiger charge is -2.27. The smallest absolute Gasteiger partial charge is 0.351 e. The van der Waals surface area contributed by atoms with Crippen molar-refractivity contribution in [2.45, 2.75) is 29.7 Å². The molecule has 5 rings (SSSR count). The Bertz CT molecular complexity index is 1680. The molecule has 3 aromatic carbocycles. The minimum absolute atomic E-state index is 0.0152. The number of aryl methyl sites for hydroxylation is 1. The second-order valence-electron chi connectivity index (χ2n) is 9.68. The summed E-state index contributed by atoms with van der Waals surface area (Å²) in [5, 5.41) is 2.55. The fourth-order valence-electron chi connectivity index (χ4n) is 4.38. The Morgan fingerprint density at radius 3 is 2.12 bits per heavy atom. The van der Waals surface area contributed by atoms with Crippen LogP contribution in [0.2, 0.25) is 0 Å². The van der Waals surface area contributed by atoms with Crippen molar-refractivity contribution >= 4 is 46.9 Å². The van der Waals surface area contributed by atoms with E-state index >= 15 is 0 Å². The number of nitrogens with one attached hydrogen (secondary N) is 1. The first kappa shape index (κ1) is 30.0. The summed E-state index contributed by atoms with van der Waals surface area (Å²) in [6, 6.07) is 24.7. The van der Waals surface area contributed by atoms with Gasteiger partial charge in [0.1, 0.15) is 18.5 Å². The zero-order valence-corrected chi connectivity index (χ0v) is 24.2. The van der Waals surface area contributed by atoms with Crippen LogP contribution in [0.5, 0.6) is 0 Å². The molecule has 0 spiro atoms. The van der Waals surface area contributed by atoms with Crippen LogP contribution in [0.4, 0.5) is 5.82 Å². The fraction of sp³-hybridized carbons (Fsp3) is 0.194. The van der Waals surface area contributed by atoms with Crippen molar-refractivity contribution < 1.29 is 28.6 Å². The van der Waals surface area contributed by atoms with Gasteiger partial charge in [0.25, 0.3) is 5.91 Å². The lowest BCUT2D eigenvalue weighted by Crippen LogP contribution is -2.43. The predicted molar refractivity (Wildman–Crippen MR) is 158 cm³/mol. The number of carbonyl (C=O) groups is 3. The van der Waals surface area contributed by atoms with Gasteiger partial charge in [0.15, 0.2) is 12.3 Å². The van der Waals surface area contributed by atoms with E-state index in [1.54, 1.807) is 84.9 Å². The first-order valence-electron chi connectivity index (χ1n) is 13.1. The van der Waals surface area contributed by atoms with Crippen molar-refractivity contribution in [3.63, 3.8) is 0 Å². The molecule has 0 radical (unpaired) electrons. The summed E-state index contributed by atoms with van der Waals surface area (Å²) in [6.45, 7) is 1.47. The van der Waals surface area contributed by atoms with Crippen molar-refractivity contribution in [2.75, 3.05) is 11.9 Å². The number of hydrogen-bond acceptors (Lipinski definition) is 8. The molecule has 3 atom stereocenters. The van der Waals surface area contributed by atoms with E-state index in [1.165, 1.54) is 12.3 Å². The molecular weight excluding hydrogens is 597 g/mol. The molecule has 0 aliphatic carbocycles. The molecule has 4 aromatic rings. The Kier molecular flexibility index (Phi) is 8.91. The normalized spacial score (nSPS) is 18.9. The summed E-state index contributed by atoms with van der Waals surface area (Å²) in [6.07, 6.45) is -2.66. The van der Waals surface area contributed by atoms with Gasteiger partial charge in [-0.2, -0.15) is 4.98 Å². The summed E-state index contributed by atoms with van der Waals surface area (Å²) in [4.78, 5) is 55.2. The van der Waals surface area contributed by atoms with Gasteiger partial charge in [0, 0.05) is 11.8 Å². The average molecular weight is 622 g/mol. The number of amides is 1. The number of rotatable bonds is 8. The predicted octanol–water partition coefficient (Wildman–Crippen LogP) is 4.96. The van der Waals surface area contributed by atoms with Gasteiger partial charge >= 0.3 is 17.6 Å².